The minimum absolute atomic E-state index is 0.0875. The van der Waals surface area contributed by atoms with Crippen LogP contribution in [-0.4, -0.2) is 49.2 Å². The summed E-state index contributed by atoms with van der Waals surface area (Å²) in [7, 11) is -3.81. The Hall–Kier alpha value is -1.47. The van der Waals surface area contributed by atoms with Gasteiger partial charge in [0, 0.05) is 19.6 Å². The number of sulfonamides is 1. The molecule has 7 heteroatoms. The number of hydrogen-bond acceptors (Lipinski definition) is 3. The largest absolute Gasteiger partial charge is 0.341 e. The molecule has 1 amide bonds. The van der Waals surface area contributed by atoms with Gasteiger partial charge in [-0.15, -0.1) is 0 Å². The molecule has 2 aliphatic heterocycles. The van der Waals surface area contributed by atoms with Crippen LogP contribution in [0.15, 0.2) is 23.1 Å². The van der Waals surface area contributed by atoms with E-state index in [-0.39, 0.29) is 10.8 Å². The number of piperidine rings is 1. The van der Waals surface area contributed by atoms with E-state index < -0.39 is 21.9 Å². The molecule has 132 valence electrons. The lowest BCUT2D eigenvalue weighted by atomic mass is 10.0. The minimum Gasteiger partial charge on any atom is -0.341 e. The van der Waals surface area contributed by atoms with Crippen molar-refractivity contribution in [2.75, 3.05) is 19.6 Å². The molecule has 0 saturated carbocycles. The molecule has 2 saturated heterocycles. The summed E-state index contributed by atoms with van der Waals surface area (Å²) in [5, 5.41) is 0. The number of aryl methyl sites for hydroxylation is 1. The van der Waals surface area contributed by atoms with Crippen molar-refractivity contribution in [3.63, 3.8) is 0 Å². The molecular formula is C17H23FN2O3S. The maximum absolute atomic E-state index is 13.3. The van der Waals surface area contributed by atoms with Gasteiger partial charge in [-0.1, -0.05) is 6.42 Å². The summed E-state index contributed by atoms with van der Waals surface area (Å²) in [6.45, 7) is 3.33. The van der Waals surface area contributed by atoms with Gasteiger partial charge in [0.25, 0.3) is 0 Å². The predicted octanol–water partition coefficient (Wildman–Crippen LogP) is 2.30. The van der Waals surface area contributed by atoms with Crippen LogP contribution >= 0.6 is 0 Å². The van der Waals surface area contributed by atoms with Crippen LogP contribution in [0.2, 0.25) is 0 Å². The summed E-state index contributed by atoms with van der Waals surface area (Å²) >= 11 is 0. The van der Waals surface area contributed by atoms with Gasteiger partial charge in [-0.3, -0.25) is 4.79 Å². The first kappa shape index (κ1) is 17.4. The van der Waals surface area contributed by atoms with E-state index in [1.807, 2.05) is 0 Å². The highest BCUT2D eigenvalue weighted by molar-refractivity contribution is 7.89. The van der Waals surface area contributed by atoms with Crippen molar-refractivity contribution < 1.29 is 17.6 Å². The fourth-order valence-electron chi connectivity index (χ4n) is 3.62. The van der Waals surface area contributed by atoms with Crippen molar-refractivity contribution in [3.05, 3.63) is 29.6 Å². The first-order valence-corrected chi connectivity index (χ1v) is 9.92. The van der Waals surface area contributed by atoms with Crippen molar-refractivity contribution >= 4 is 15.9 Å². The second-order valence-electron chi connectivity index (χ2n) is 6.57. The van der Waals surface area contributed by atoms with Crippen LogP contribution in [0.1, 0.15) is 37.7 Å². The van der Waals surface area contributed by atoms with Crippen molar-refractivity contribution in [2.24, 2.45) is 0 Å². The summed E-state index contributed by atoms with van der Waals surface area (Å²) in [5.74, 6) is -0.551. The Labute approximate surface area is 142 Å². The fraction of sp³-hybridized carbons (Fsp3) is 0.588. The van der Waals surface area contributed by atoms with E-state index in [1.165, 1.54) is 16.4 Å². The molecule has 0 aromatic heterocycles. The van der Waals surface area contributed by atoms with Gasteiger partial charge in [0.05, 0.1) is 4.90 Å². The molecule has 1 atom stereocenters. The molecule has 0 radical (unpaired) electrons. The zero-order valence-corrected chi connectivity index (χ0v) is 14.7. The molecule has 1 unspecified atom stereocenters. The van der Waals surface area contributed by atoms with E-state index in [9.17, 15) is 17.6 Å². The lowest BCUT2D eigenvalue weighted by Gasteiger charge is -2.36. The van der Waals surface area contributed by atoms with Gasteiger partial charge in [0.2, 0.25) is 15.9 Å². The van der Waals surface area contributed by atoms with Gasteiger partial charge in [0.15, 0.2) is 0 Å². The van der Waals surface area contributed by atoms with Crippen molar-refractivity contribution in [1.82, 2.24) is 9.21 Å². The maximum atomic E-state index is 13.3. The fourth-order valence-corrected chi connectivity index (χ4v) is 5.47. The highest BCUT2D eigenvalue weighted by Crippen LogP contribution is 2.29. The Morgan fingerprint density at radius 2 is 1.79 bits per heavy atom. The van der Waals surface area contributed by atoms with Crippen LogP contribution in [0.5, 0.6) is 0 Å². The zero-order valence-electron chi connectivity index (χ0n) is 13.9. The predicted molar refractivity (Wildman–Crippen MR) is 88.5 cm³/mol. The van der Waals surface area contributed by atoms with Gasteiger partial charge in [0.1, 0.15) is 11.9 Å². The van der Waals surface area contributed by atoms with E-state index in [2.05, 4.69) is 0 Å². The van der Waals surface area contributed by atoms with Gasteiger partial charge >= 0.3 is 0 Å². The molecule has 2 heterocycles. The van der Waals surface area contributed by atoms with Crippen molar-refractivity contribution in [1.29, 1.82) is 0 Å². The van der Waals surface area contributed by atoms with E-state index in [0.29, 0.717) is 31.6 Å². The number of rotatable bonds is 3. The number of carbonyl (C=O) groups is 1. The Morgan fingerprint density at radius 1 is 1.12 bits per heavy atom. The molecule has 0 bridgehead atoms. The van der Waals surface area contributed by atoms with E-state index >= 15 is 0 Å². The highest BCUT2D eigenvalue weighted by atomic mass is 32.2. The van der Waals surface area contributed by atoms with E-state index in [4.69, 9.17) is 0 Å². The number of hydrogen-bond donors (Lipinski definition) is 0. The summed E-state index contributed by atoms with van der Waals surface area (Å²) in [6.07, 6.45) is 4.08. The lowest BCUT2D eigenvalue weighted by molar-refractivity contribution is -0.135. The summed E-state index contributed by atoms with van der Waals surface area (Å²) in [6, 6.07) is 3.03. The molecular weight excluding hydrogens is 331 g/mol. The molecule has 0 spiro atoms. The molecule has 2 fully saturated rings. The number of benzene rings is 1. The maximum Gasteiger partial charge on any atom is 0.244 e. The number of likely N-dealkylation sites (tertiary alicyclic amines) is 1. The third-order valence-electron chi connectivity index (χ3n) is 4.88. The number of halogens is 1. The van der Waals surface area contributed by atoms with Gasteiger partial charge < -0.3 is 4.90 Å². The van der Waals surface area contributed by atoms with Crippen molar-refractivity contribution in [3.8, 4) is 0 Å². The van der Waals surface area contributed by atoms with Gasteiger partial charge in [-0.2, -0.15) is 4.31 Å². The van der Waals surface area contributed by atoms with E-state index in [1.54, 1.807) is 11.8 Å². The summed E-state index contributed by atoms with van der Waals surface area (Å²) in [4.78, 5) is 14.6. The molecule has 0 N–H and O–H groups in total. The number of carbonyl (C=O) groups excluding carboxylic acids is 1. The smallest absolute Gasteiger partial charge is 0.244 e. The second kappa shape index (κ2) is 6.80. The van der Waals surface area contributed by atoms with Crippen LogP contribution < -0.4 is 0 Å². The summed E-state index contributed by atoms with van der Waals surface area (Å²) < 4.78 is 40.8. The Bertz CT molecular complexity index is 729. The zero-order chi connectivity index (χ0) is 17.3. The molecule has 1 aromatic carbocycles. The summed E-state index contributed by atoms with van der Waals surface area (Å²) in [5.41, 5.74) is 0.368. The quantitative estimate of drug-likeness (QED) is 0.837. The van der Waals surface area contributed by atoms with Crippen molar-refractivity contribution in [2.45, 2.75) is 50.0 Å². The Balaban J connectivity index is 1.92. The molecule has 2 aliphatic rings. The van der Waals surface area contributed by atoms with Crippen LogP contribution in [0, 0.1) is 12.7 Å². The van der Waals surface area contributed by atoms with Crippen LogP contribution in [0.3, 0.4) is 0 Å². The monoisotopic (exact) mass is 354 g/mol. The molecule has 5 nitrogen and oxygen atoms in total. The molecule has 24 heavy (non-hydrogen) atoms. The first-order chi connectivity index (χ1) is 11.4. The topological polar surface area (TPSA) is 57.7 Å². The molecule has 3 rings (SSSR count). The standard InChI is InChI=1S/C17H23FN2O3S/c1-13-12-14(18)7-8-16(13)24(22,23)20-11-3-2-6-15(20)17(21)19-9-4-5-10-19/h7-8,12,15H,2-6,9-11H2,1H3. The Morgan fingerprint density at radius 3 is 2.46 bits per heavy atom. The van der Waals surface area contributed by atoms with Crippen LogP contribution in [0.25, 0.3) is 0 Å². The SMILES string of the molecule is Cc1cc(F)ccc1S(=O)(=O)N1CCCCC1C(=O)N1CCCC1. The highest BCUT2D eigenvalue weighted by Gasteiger charge is 2.40. The Kier molecular flexibility index (Phi) is 4.92. The second-order valence-corrected chi connectivity index (χ2v) is 8.43. The third-order valence-corrected chi connectivity index (χ3v) is 6.95. The van der Waals surface area contributed by atoms with Gasteiger partial charge in [-0.25, -0.2) is 12.8 Å². The number of amides is 1. The van der Waals surface area contributed by atoms with Gasteiger partial charge in [-0.05, 0) is 56.4 Å². The molecule has 0 aliphatic carbocycles. The van der Waals surface area contributed by atoms with Crippen LogP contribution in [-0.2, 0) is 14.8 Å². The average molecular weight is 354 g/mol. The first-order valence-electron chi connectivity index (χ1n) is 8.48. The minimum atomic E-state index is -3.81. The van der Waals surface area contributed by atoms with Crippen LogP contribution in [0.4, 0.5) is 4.39 Å². The molecule has 1 aromatic rings. The normalized spacial score (nSPS) is 22.8. The third kappa shape index (κ3) is 3.19. The lowest BCUT2D eigenvalue weighted by Crippen LogP contribution is -2.52. The average Bonchev–Trinajstić information content (AvgIpc) is 3.08. The number of nitrogens with zero attached hydrogens (tertiary/aromatic N) is 2. The van der Waals surface area contributed by atoms with E-state index in [0.717, 1.165) is 31.7 Å².